The van der Waals surface area contributed by atoms with E-state index in [-0.39, 0.29) is 11.5 Å². The number of aryl methyl sites for hydroxylation is 1. The summed E-state index contributed by atoms with van der Waals surface area (Å²) in [5.41, 5.74) is 4.21. The Hall–Kier alpha value is -2.63. The van der Waals surface area contributed by atoms with Gasteiger partial charge in [-0.1, -0.05) is 26.0 Å². The van der Waals surface area contributed by atoms with Crippen molar-refractivity contribution in [3.05, 3.63) is 52.3 Å². The second-order valence-electron chi connectivity index (χ2n) is 7.00. The van der Waals surface area contributed by atoms with Crippen molar-refractivity contribution in [1.82, 2.24) is 15.1 Å². The molecule has 0 saturated heterocycles. The Balaban J connectivity index is 1.87. The Kier molecular flexibility index (Phi) is 6.55. The van der Waals surface area contributed by atoms with Crippen molar-refractivity contribution in [2.45, 2.75) is 47.1 Å². The van der Waals surface area contributed by atoms with Crippen molar-refractivity contribution in [2.75, 3.05) is 6.54 Å². The van der Waals surface area contributed by atoms with Gasteiger partial charge in [0.25, 0.3) is 0 Å². The Bertz CT molecular complexity index is 776. The van der Waals surface area contributed by atoms with Crippen LogP contribution in [0.1, 0.15) is 46.7 Å². The minimum Gasteiger partial charge on any atom is -0.478 e. The summed E-state index contributed by atoms with van der Waals surface area (Å²) < 4.78 is 1.98. The first-order valence-electron chi connectivity index (χ1n) is 8.89. The summed E-state index contributed by atoms with van der Waals surface area (Å²) in [4.78, 5) is 23.1. The second-order valence-corrected chi connectivity index (χ2v) is 7.00. The molecule has 0 spiro atoms. The summed E-state index contributed by atoms with van der Waals surface area (Å²) in [6.45, 7) is 9.60. The first-order valence-corrected chi connectivity index (χ1v) is 8.89. The second kappa shape index (κ2) is 8.65. The maximum Gasteiger partial charge on any atom is 0.335 e. The van der Waals surface area contributed by atoms with Crippen LogP contribution in [0.25, 0.3) is 0 Å². The molecular formula is C20H27N3O3. The number of aromatic nitrogens is 2. The minimum absolute atomic E-state index is 0.0255. The largest absolute Gasteiger partial charge is 0.478 e. The highest BCUT2D eigenvalue weighted by atomic mass is 16.4. The van der Waals surface area contributed by atoms with Gasteiger partial charge >= 0.3 is 5.97 Å². The lowest BCUT2D eigenvalue weighted by atomic mass is 10.1. The number of carboxylic acid groups (broad SMARTS) is 1. The van der Waals surface area contributed by atoms with Crippen molar-refractivity contribution in [3.8, 4) is 0 Å². The number of carbonyl (C=O) groups is 2. The molecule has 6 nitrogen and oxygen atoms in total. The van der Waals surface area contributed by atoms with E-state index in [4.69, 9.17) is 5.11 Å². The van der Waals surface area contributed by atoms with Gasteiger partial charge in [-0.05, 0) is 43.9 Å². The highest BCUT2D eigenvalue weighted by Crippen LogP contribution is 2.15. The molecule has 6 heteroatoms. The molecule has 0 aliphatic rings. The normalized spacial score (nSPS) is 11.0. The fourth-order valence-corrected chi connectivity index (χ4v) is 2.90. The highest BCUT2D eigenvalue weighted by Gasteiger charge is 2.15. The number of hydrogen-bond donors (Lipinski definition) is 2. The minimum atomic E-state index is -0.936. The molecule has 140 valence electrons. The van der Waals surface area contributed by atoms with Gasteiger partial charge in [-0.2, -0.15) is 5.10 Å². The van der Waals surface area contributed by atoms with E-state index >= 15 is 0 Å². The van der Waals surface area contributed by atoms with Crippen molar-refractivity contribution in [2.24, 2.45) is 5.92 Å². The van der Waals surface area contributed by atoms with Crippen LogP contribution in [0.15, 0.2) is 24.3 Å². The van der Waals surface area contributed by atoms with E-state index in [1.165, 1.54) is 0 Å². The smallest absolute Gasteiger partial charge is 0.335 e. The van der Waals surface area contributed by atoms with Crippen molar-refractivity contribution in [1.29, 1.82) is 0 Å². The third kappa shape index (κ3) is 5.18. The van der Waals surface area contributed by atoms with Crippen LogP contribution < -0.4 is 5.32 Å². The lowest BCUT2D eigenvalue weighted by molar-refractivity contribution is -0.120. The molecule has 1 aromatic heterocycles. The predicted octanol–water partition coefficient (Wildman–Crippen LogP) is 2.76. The summed E-state index contributed by atoms with van der Waals surface area (Å²) in [7, 11) is 0. The zero-order valence-corrected chi connectivity index (χ0v) is 15.9. The van der Waals surface area contributed by atoms with Crippen LogP contribution in [0.4, 0.5) is 0 Å². The number of carboxylic acids is 1. The Morgan fingerprint density at radius 1 is 1.19 bits per heavy atom. The van der Waals surface area contributed by atoms with Gasteiger partial charge in [0, 0.05) is 24.3 Å². The average Bonchev–Trinajstić information content (AvgIpc) is 2.82. The van der Waals surface area contributed by atoms with Gasteiger partial charge in [0.05, 0.1) is 17.7 Å². The summed E-state index contributed by atoms with van der Waals surface area (Å²) >= 11 is 0. The van der Waals surface area contributed by atoms with Crippen LogP contribution in [-0.4, -0.2) is 33.3 Å². The van der Waals surface area contributed by atoms with Crippen molar-refractivity contribution < 1.29 is 14.7 Å². The predicted molar refractivity (Wildman–Crippen MR) is 100 cm³/mol. The standard InChI is InChI=1S/C20H27N3O3/c1-13(2)12-23-15(4)18(14(3)22-23)11-19(24)21-10-9-16-5-7-17(8-6-16)20(25)26/h5-8,13H,9-12H2,1-4H3,(H,21,24)(H,25,26). The third-order valence-corrected chi connectivity index (χ3v) is 4.34. The molecule has 1 aromatic carbocycles. The average molecular weight is 357 g/mol. The number of rotatable bonds is 8. The lowest BCUT2D eigenvalue weighted by Crippen LogP contribution is -2.27. The Morgan fingerprint density at radius 2 is 1.85 bits per heavy atom. The van der Waals surface area contributed by atoms with Crippen molar-refractivity contribution >= 4 is 11.9 Å². The Labute approximate surface area is 154 Å². The molecule has 0 aliphatic heterocycles. The topological polar surface area (TPSA) is 84.2 Å². The maximum atomic E-state index is 12.3. The highest BCUT2D eigenvalue weighted by molar-refractivity contribution is 5.87. The molecule has 1 amide bonds. The summed E-state index contributed by atoms with van der Waals surface area (Å²) in [6, 6.07) is 6.71. The molecule has 2 rings (SSSR count). The van der Waals surface area contributed by atoms with E-state index in [1.54, 1.807) is 24.3 Å². The molecular weight excluding hydrogens is 330 g/mol. The van der Waals surface area contributed by atoms with Gasteiger partial charge in [-0.3, -0.25) is 9.48 Å². The third-order valence-electron chi connectivity index (χ3n) is 4.34. The van der Waals surface area contributed by atoms with E-state index in [9.17, 15) is 9.59 Å². The number of amides is 1. The molecule has 0 fully saturated rings. The molecule has 2 N–H and O–H groups in total. The fourth-order valence-electron chi connectivity index (χ4n) is 2.90. The molecule has 0 aliphatic carbocycles. The number of nitrogens with one attached hydrogen (secondary N) is 1. The number of aromatic carboxylic acids is 1. The van der Waals surface area contributed by atoms with Gasteiger partial charge < -0.3 is 10.4 Å². The lowest BCUT2D eigenvalue weighted by Gasteiger charge is -2.08. The van der Waals surface area contributed by atoms with Crippen LogP contribution in [0.2, 0.25) is 0 Å². The van der Waals surface area contributed by atoms with Gasteiger partial charge in [-0.15, -0.1) is 0 Å². The van der Waals surface area contributed by atoms with E-state index < -0.39 is 5.97 Å². The summed E-state index contributed by atoms with van der Waals surface area (Å²) in [5, 5.41) is 16.4. The molecule has 1 heterocycles. The van der Waals surface area contributed by atoms with E-state index in [0.29, 0.717) is 25.3 Å². The summed E-state index contributed by atoms with van der Waals surface area (Å²) in [6.07, 6.45) is 0.990. The molecule has 0 saturated carbocycles. The van der Waals surface area contributed by atoms with Gasteiger partial charge in [-0.25, -0.2) is 4.79 Å². The van der Waals surface area contributed by atoms with Crippen LogP contribution in [-0.2, 0) is 24.2 Å². The SMILES string of the molecule is Cc1nn(CC(C)C)c(C)c1CC(=O)NCCc1ccc(C(=O)O)cc1. The van der Waals surface area contributed by atoms with E-state index in [0.717, 1.165) is 29.1 Å². The number of hydrogen-bond acceptors (Lipinski definition) is 3. The zero-order chi connectivity index (χ0) is 19.3. The van der Waals surface area contributed by atoms with Crippen LogP contribution in [0.3, 0.4) is 0 Å². The first kappa shape index (κ1) is 19.7. The van der Waals surface area contributed by atoms with Crippen molar-refractivity contribution in [3.63, 3.8) is 0 Å². The van der Waals surface area contributed by atoms with Gasteiger partial charge in [0.1, 0.15) is 0 Å². The number of carbonyl (C=O) groups excluding carboxylic acids is 1. The quantitative estimate of drug-likeness (QED) is 0.761. The number of nitrogens with zero attached hydrogens (tertiary/aromatic N) is 2. The van der Waals surface area contributed by atoms with Crippen LogP contribution in [0, 0.1) is 19.8 Å². The Morgan fingerprint density at radius 3 is 2.42 bits per heavy atom. The molecule has 2 aromatic rings. The van der Waals surface area contributed by atoms with Gasteiger partial charge in [0.2, 0.25) is 5.91 Å². The number of benzene rings is 1. The fraction of sp³-hybridized carbons (Fsp3) is 0.450. The van der Waals surface area contributed by atoms with E-state index in [2.05, 4.69) is 24.3 Å². The molecule has 26 heavy (non-hydrogen) atoms. The molecule has 0 unspecified atom stereocenters. The molecule has 0 atom stereocenters. The molecule has 0 bridgehead atoms. The molecule has 0 radical (unpaired) electrons. The van der Waals surface area contributed by atoms with Crippen LogP contribution >= 0.6 is 0 Å². The zero-order valence-electron chi connectivity index (χ0n) is 15.9. The first-order chi connectivity index (χ1) is 12.3. The van der Waals surface area contributed by atoms with E-state index in [1.807, 2.05) is 18.5 Å². The maximum absolute atomic E-state index is 12.3. The monoisotopic (exact) mass is 357 g/mol. The van der Waals surface area contributed by atoms with Gasteiger partial charge in [0.15, 0.2) is 0 Å². The summed E-state index contributed by atoms with van der Waals surface area (Å²) in [5.74, 6) is -0.460. The van der Waals surface area contributed by atoms with Crippen LogP contribution in [0.5, 0.6) is 0 Å².